The van der Waals surface area contributed by atoms with Crippen LogP contribution in [0.15, 0.2) is 36.7 Å². The average Bonchev–Trinajstić information content (AvgIpc) is 2.82. The molecule has 3 aromatic rings. The standard InChI is InChI=1S/C17H18N4/c1-10-4-5-15(13(6-10)17(18)19)21-9-20-14-7-11(2)12(3)8-16(14)21/h4-9H,1-3H3,(H3,18,19). The summed E-state index contributed by atoms with van der Waals surface area (Å²) in [5.41, 5.74) is 12.9. The maximum Gasteiger partial charge on any atom is 0.124 e. The Morgan fingerprint density at radius 3 is 2.52 bits per heavy atom. The number of aromatic nitrogens is 2. The monoisotopic (exact) mass is 278 g/mol. The third-order valence-corrected chi connectivity index (χ3v) is 3.86. The Labute approximate surface area is 123 Å². The van der Waals surface area contributed by atoms with Crippen molar-refractivity contribution in [3.8, 4) is 5.69 Å². The highest BCUT2D eigenvalue weighted by Gasteiger charge is 2.12. The molecule has 0 spiro atoms. The number of nitrogen functional groups attached to an aromatic ring is 1. The van der Waals surface area contributed by atoms with Crippen LogP contribution in [0.3, 0.4) is 0 Å². The van der Waals surface area contributed by atoms with Crippen molar-refractivity contribution >= 4 is 16.9 Å². The van der Waals surface area contributed by atoms with E-state index in [0.717, 1.165) is 27.8 Å². The van der Waals surface area contributed by atoms with E-state index in [0.29, 0.717) is 0 Å². The van der Waals surface area contributed by atoms with Crippen LogP contribution in [0.1, 0.15) is 22.3 Å². The van der Waals surface area contributed by atoms with Crippen molar-refractivity contribution in [2.24, 2.45) is 5.73 Å². The summed E-state index contributed by atoms with van der Waals surface area (Å²) in [7, 11) is 0. The molecule has 1 aromatic heterocycles. The molecule has 0 aliphatic rings. The first-order valence-electron chi connectivity index (χ1n) is 6.87. The molecular weight excluding hydrogens is 260 g/mol. The van der Waals surface area contributed by atoms with Gasteiger partial charge in [-0.3, -0.25) is 9.98 Å². The van der Waals surface area contributed by atoms with Crippen LogP contribution in [0, 0.1) is 26.2 Å². The van der Waals surface area contributed by atoms with Gasteiger partial charge >= 0.3 is 0 Å². The van der Waals surface area contributed by atoms with Gasteiger partial charge in [-0.1, -0.05) is 11.6 Å². The fraction of sp³-hybridized carbons (Fsp3) is 0.176. The number of rotatable bonds is 2. The van der Waals surface area contributed by atoms with Crippen molar-refractivity contribution in [1.29, 1.82) is 5.41 Å². The Morgan fingerprint density at radius 1 is 1.10 bits per heavy atom. The SMILES string of the molecule is Cc1ccc(-n2cnc3cc(C)c(C)cc32)c(C(=N)N)c1. The van der Waals surface area contributed by atoms with Crippen LogP contribution in [-0.2, 0) is 0 Å². The minimum Gasteiger partial charge on any atom is -0.384 e. The first-order valence-corrected chi connectivity index (χ1v) is 6.87. The molecular formula is C17H18N4. The van der Waals surface area contributed by atoms with Gasteiger partial charge in [-0.25, -0.2) is 4.98 Å². The van der Waals surface area contributed by atoms with E-state index in [1.165, 1.54) is 11.1 Å². The van der Waals surface area contributed by atoms with Gasteiger partial charge in [-0.2, -0.15) is 0 Å². The average molecular weight is 278 g/mol. The Kier molecular flexibility index (Phi) is 3.01. The van der Waals surface area contributed by atoms with Gasteiger partial charge < -0.3 is 5.73 Å². The third-order valence-electron chi connectivity index (χ3n) is 3.86. The molecule has 0 amide bonds. The number of amidine groups is 1. The van der Waals surface area contributed by atoms with Gasteiger partial charge in [0, 0.05) is 5.56 Å². The number of nitrogens with one attached hydrogen (secondary N) is 1. The summed E-state index contributed by atoms with van der Waals surface area (Å²) in [5.74, 6) is 0.0689. The van der Waals surface area contributed by atoms with E-state index < -0.39 is 0 Å². The fourth-order valence-electron chi connectivity index (χ4n) is 2.53. The zero-order valence-electron chi connectivity index (χ0n) is 12.4. The molecule has 0 aliphatic heterocycles. The van der Waals surface area contributed by atoms with Gasteiger partial charge in [0.2, 0.25) is 0 Å². The number of fused-ring (bicyclic) bond motifs is 1. The molecule has 0 unspecified atom stereocenters. The number of nitrogens with zero attached hydrogens (tertiary/aromatic N) is 2. The molecule has 106 valence electrons. The summed E-state index contributed by atoms with van der Waals surface area (Å²) in [6.07, 6.45) is 1.79. The molecule has 0 bridgehead atoms. The predicted molar refractivity (Wildman–Crippen MR) is 86.3 cm³/mol. The molecule has 4 nitrogen and oxygen atoms in total. The molecule has 0 radical (unpaired) electrons. The predicted octanol–water partition coefficient (Wildman–Crippen LogP) is 3.23. The second kappa shape index (κ2) is 4.74. The van der Waals surface area contributed by atoms with Gasteiger partial charge in [-0.05, 0) is 56.2 Å². The van der Waals surface area contributed by atoms with Gasteiger partial charge in [-0.15, -0.1) is 0 Å². The summed E-state index contributed by atoms with van der Waals surface area (Å²) in [4.78, 5) is 4.47. The van der Waals surface area contributed by atoms with E-state index in [1.54, 1.807) is 6.33 Å². The van der Waals surface area contributed by atoms with E-state index in [4.69, 9.17) is 11.1 Å². The summed E-state index contributed by atoms with van der Waals surface area (Å²) in [5, 5.41) is 7.80. The molecule has 1 heterocycles. The van der Waals surface area contributed by atoms with Crippen molar-refractivity contribution in [3.63, 3.8) is 0 Å². The number of aryl methyl sites for hydroxylation is 3. The minimum absolute atomic E-state index is 0.0689. The summed E-state index contributed by atoms with van der Waals surface area (Å²) >= 11 is 0. The quantitative estimate of drug-likeness (QED) is 0.558. The van der Waals surface area contributed by atoms with Gasteiger partial charge in [0.05, 0.1) is 16.7 Å². The lowest BCUT2D eigenvalue weighted by Gasteiger charge is -2.12. The number of imidazole rings is 1. The lowest BCUT2D eigenvalue weighted by atomic mass is 10.1. The van der Waals surface area contributed by atoms with Crippen LogP contribution in [0.4, 0.5) is 0 Å². The Hall–Kier alpha value is -2.62. The molecule has 2 aromatic carbocycles. The highest BCUT2D eigenvalue weighted by atomic mass is 15.1. The van der Waals surface area contributed by atoms with Crippen LogP contribution in [0.5, 0.6) is 0 Å². The lowest BCUT2D eigenvalue weighted by Crippen LogP contribution is -2.14. The lowest BCUT2D eigenvalue weighted by molar-refractivity contribution is 1.08. The summed E-state index contributed by atoms with van der Waals surface area (Å²) in [6, 6.07) is 10.2. The zero-order chi connectivity index (χ0) is 15.1. The molecule has 0 fully saturated rings. The van der Waals surface area contributed by atoms with Crippen LogP contribution in [0.2, 0.25) is 0 Å². The smallest absolute Gasteiger partial charge is 0.124 e. The maximum absolute atomic E-state index is 7.80. The van der Waals surface area contributed by atoms with Crippen molar-refractivity contribution in [2.45, 2.75) is 20.8 Å². The highest BCUT2D eigenvalue weighted by Crippen LogP contribution is 2.24. The minimum atomic E-state index is 0.0689. The van der Waals surface area contributed by atoms with Crippen LogP contribution in [-0.4, -0.2) is 15.4 Å². The van der Waals surface area contributed by atoms with E-state index in [9.17, 15) is 0 Å². The Bertz CT molecular complexity index is 859. The summed E-state index contributed by atoms with van der Waals surface area (Å²) < 4.78 is 2.00. The highest BCUT2D eigenvalue weighted by molar-refractivity contribution is 5.99. The van der Waals surface area contributed by atoms with Gasteiger partial charge in [0.1, 0.15) is 12.2 Å². The van der Waals surface area contributed by atoms with Crippen molar-refractivity contribution in [1.82, 2.24) is 9.55 Å². The molecule has 0 saturated heterocycles. The molecule has 3 N–H and O–H groups in total. The van der Waals surface area contributed by atoms with Crippen LogP contribution < -0.4 is 5.73 Å². The molecule has 21 heavy (non-hydrogen) atoms. The molecule has 0 atom stereocenters. The Balaban J connectivity index is 2.31. The van der Waals surface area contributed by atoms with Crippen LogP contribution >= 0.6 is 0 Å². The largest absolute Gasteiger partial charge is 0.384 e. The first-order chi connectivity index (χ1) is 9.97. The van der Waals surface area contributed by atoms with Crippen molar-refractivity contribution in [2.75, 3.05) is 0 Å². The molecule has 0 aliphatic carbocycles. The second-order valence-corrected chi connectivity index (χ2v) is 5.47. The summed E-state index contributed by atoms with van der Waals surface area (Å²) in [6.45, 7) is 6.17. The van der Waals surface area contributed by atoms with E-state index >= 15 is 0 Å². The normalized spacial score (nSPS) is 11.0. The van der Waals surface area contributed by atoms with Gasteiger partial charge in [0.25, 0.3) is 0 Å². The Morgan fingerprint density at radius 2 is 1.81 bits per heavy atom. The van der Waals surface area contributed by atoms with E-state index in [1.807, 2.05) is 29.7 Å². The van der Waals surface area contributed by atoms with Gasteiger partial charge in [0.15, 0.2) is 0 Å². The molecule has 4 heteroatoms. The first kappa shape index (κ1) is 13.4. The molecule has 3 rings (SSSR count). The van der Waals surface area contributed by atoms with Crippen molar-refractivity contribution in [3.05, 3.63) is 58.9 Å². The van der Waals surface area contributed by atoms with Crippen molar-refractivity contribution < 1.29 is 0 Å². The number of benzene rings is 2. The van der Waals surface area contributed by atoms with E-state index in [-0.39, 0.29) is 5.84 Å². The maximum atomic E-state index is 7.80. The number of hydrogen-bond acceptors (Lipinski definition) is 2. The van der Waals surface area contributed by atoms with E-state index in [2.05, 4.69) is 31.0 Å². The van der Waals surface area contributed by atoms with Crippen LogP contribution in [0.25, 0.3) is 16.7 Å². The number of hydrogen-bond donors (Lipinski definition) is 2. The fourth-order valence-corrected chi connectivity index (χ4v) is 2.53. The number of nitrogens with two attached hydrogens (primary N) is 1. The third kappa shape index (κ3) is 2.18. The second-order valence-electron chi connectivity index (χ2n) is 5.47. The molecule has 0 saturated carbocycles. The topological polar surface area (TPSA) is 67.7 Å². The zero-order valence-corrected chi connectivity index (χ0v) is 12.4.